The number of ether oxygens (including phenoxy) is 1. The summed E-state index contributed by atoms with van der Waals surface area (Å²) in [5.41, 5.74) is 2.68. The van der Waals surface area contributed by atoms with Crippen molar-refractivity contribution < 1.29 is 18.3 Å². The number of hydrogen-bond donors (Lipinski definition) is 0. The monoisotopic (exact) mass is 493 g/mol. The third kappa shape index (κ3) is 5.34. The Bertz CT molecular complexity index is 760. The van der Waals surface area contributed by atoms with E-state index in [1.165, 1.54) is 0 Å². The van der Waals surface area contributed by atoms with Gasteiger partial charge in [-0.3, -0.25) is 0 Å². The summed E-state index contributed by atoms with van der Waals surface area (Å²) in [7, 11) is 14.1. The first kappa shape index (κ1) is 20.0. The second kappa shape index (κ2) is 8.87. The molecule has 0 aliphatic carbocycles. The van der Waals surface area contributed by atoms with Crippen molar-refractivity contribution in [2.75, 3.05) is 11.9 Å². The molecular formula is C17H17Cl4NORu. The van der Waals surface area contributed by atoms with Gasteiger partial charge >= 0.3 is 166 Å². The van der Waals surface area contributed by atoms with E-state index in [-0.39, 0.29) is 6.10 Å². The molecular weight excluding hydrogens is 477 g/mol. The molecule has 24 heavy (non-hydrogen) atoms. The Morgan fingerprint density at radius 3 is 2.25 bits per heavy atom. The van der Waals surface area contributed by atoms with Crippen LogP contribution in [0, 0.1) is 0 Å². The van der Waals surface area contributed by atoms with E-state index in [1.54, 1.807) is 0 Å². The number of rotatable bonds is 5. The molecule has 0 fully saturated rings. The second-order valence-electron chi connectivity index (χ2n) is 5.35. The van der Waals surface area contributed by atoms with Gasteiger partial charge in [-0.1, -0.05) is 0 Å². The molecule has 0 amide bonds. The van der Waals surface area contributed by atoms with Gasteiger partial charge in [0, 0.05) is 0 Å². The number of anilines is 2. The fourth-order valence-electron chi connectivity index (χ4n) is 2.23. The van der Waals surface area contributed by atoms with E-state index in [0.29, 0.717) is 10.0 Å². The van der Waals surface area contributed by atoms with Gasteiger partial charge in [0.15, 0.2) is 0 Å². The summed E-state index contributed by atoms with van der Waals surface area (Å²) in [6, 6.07) is 11.2. The normalized spacial score (nSPS) is 11.4. The van der Waals surface area contributed by atoms with Gasteiger partial charge < -0.3 is 0 Å². The Morgan fingerprint density at radius 1 is 1.00 bits per heavy atom. The van der Waals surface area contributed by atoms with Crippen LogP contribution in [0.5, 0.6) is 5.75 Å². The minimum absolute atomic E-state index is 0.0530. The summed E-state index contributed by atoms with van der Waals surface area (Å²) in [6.45, 7) is 3.97. The van der Waals surface area contributed by atoms with E-state index < -0.39 is 13.5 Å². The van der Waals surface area contributed by atoms with Gasteiger partial charge in [0.1, 0.15) is 0 Å². The predicted octanol–water partition coefficient (Wildman–Crippen LogP) is 6.62. The van der Waals surface area contributed by atoms with Crippen molar-refractivity contribution in [2.45, 2.75) is 20.0 Å². The van der Waals surface area contributed by atoms with Crippen LogP contribution in [0.15, 0.2) is 36.4 Å². The molecule has 0 atom stereocenters. The van der Waals surface area contributed by atoms with Crippen LogP contribution in [0.3, 0.4) is 0 Å². The zero-order chi connectivity index (χ0) is 17.9. The summed E-state index contributed by atoms with van der Waals surface area (Å²) < 4.78 is 7.78. The van der Waals surface area contributed by atoms with Crippen molar-refractivity contribution in [1.82, 2.24) is 0 Å². The van der Waals surface area contributed by atoms with Crippen molar-refractivity contribution in [1.29, 1.82) is 0 Å². The van der Waals surface area contributed by atoms with Crippen LogP contribution in [-0.4, -0.2) is 17.8 Å². The molecule has 0 aliphatic rings. The number of hydrogen-bond acceptors (Lipinski definition) is 2. The summed E-state index contributed by atoms with van der Waals surface area (Å²) >= 11 is 10.3. The van der Waals surface area contributed by atoms with Crippen LogP contribution >= 0.6 is 42.6 Å². The van der Waals surface area contributed by atoms with Gasteiger partial charge in [-0.2, -0.15) is 0 Å². The van der Waals surface area contributed by atoms with E-state index in [9.17, 15) is 0 Å². The van der Waals surface area contributed by atoms with E-state index in [0.717, 1.165) is 22.7 Å². The average Bonchev–Trinajstić information content (AvgIpc) is 2.47. The molecule has 0 spiro atoms. The zero-order valence-electron chi connectivity index (χ0n) is 13.3. The Labute approximate surface area is 165 Å². The molecule has 2 aromatic carbocycles. The standard InChI is InChI=1S/C17H17Cl2NO.2ClH.Ru/c1-11(2)21-17-8-6-14(19)10-16(17)20(4)15-7-5-13(18)9-12(15)3;;;/h3,5-11H,1-2,4H3;2*1H;/q;;;+2/p-2. The van der Waals surface area contributed by atoms with E-state index >= 15 is 0 Å². The van der Waals surface area contributed by atoms with Gasteiger partial charge in [0.25, 0.3) is 0 Å². The zero-order valence-corrected chi connectivity index (χ0v) is 18.1. The summed E-state index contributed by atoms with van der Waals surface area (Å²) in [6.07, 6.45) is 0.0530. The van der Waals surface area contributed by atoms with Crippen LogP contribution in [0.4, 0.5) is 11.4 Å². The average molecular weight is 494 g/mol. The van der Waals surface area contributed by atoms with Crippen LogP contribution in [-0.2, 0) is 13.5 Å². The van der Waals surface area contributed by atoms with Crippen molar-refractivity contribution >= 4 is 58.6 Å². The molecule has 0 heterocycles. The fourth-order valence-corrected chi connectivity index (χ4v) is 4.37. The minimum atomic E-state index is -1.99. The van der Waals surface area contributed by atoms with Crippen molar-refractivity contribution in [3.05, 3.63) is 52.0 Å². The first-order chi connectivity index (χ1) is 11.3. The molecule has 2 aromatic rings. The first-order valence-electron chi connectivity index (χ1n) is 7.10. The fraction of sp³-hybridized carbons (Fsp3) is 0.235. The SMILES string of the molecule is CC(C)Oc1ccc(Cl)cc1N(C)c1ccc(Cl)cc1[CH]=[Ru]([Cl])[Cl]. The van der Waals surface area contributed by atoms with Crippen LogP contribution in [0.1, 0.15) is 19.4 Å². The first-order valence-corrected chi connectivity index (χ1v) is 13.3. The number of benzene rings is 2. The summed E-state index contributed by atoms with van der Waals surface area (Å²) in [4.78, 5) is 2.00. The van der Waals surface area contributed by atoms with E-state index in [2.05, 4.69) is 0 Å². The Balaban J connectivity index is 2.55. The van der Waals surface area contributed by atoms with Crippen LogP contribution in [0.2, 0.25) is 10.0 Å². The molecule has 0 unspecified atom stereocenters. The second-order valence-corrected chi connectivity index (χ2v) is 11.9. The maximum absolute atomic E-state index is 6.19. The maximum atomic E-state index is 6.19. The van der Waals surface area contributed by atoms with Gasteiger partial charge in [-0.25, -0.2) is 0 Å². The van der Waals surface area contributed by atoms with Gasteiger partial charge in [-0.05, 0) is 0 Å². The van der Waals surface area contributed by atoms with Crippen molar-refractivity contribution in [3.8, 4) is 5.75 Å². The van der Waals surface area contributed by atoms with E-state index in [1.807, 2.05) is 66.8 Å². The van der Waals surface area contributed by atoms with Gasteiger partial charge in [0.2, 0.25) is 0 Å². The molecule has 7 heteroatoms. The summed E-state index contributed by atoms with van der Waals surface area (Å²) in [5.74, 6) is 0.753. The predicted molar refractivity (Wildman–Crippen MR) is 104 cm³/mol. The van der Waals surface area contributed by atoms with E-state index in [4.69, 9.17) is 47.3 Å². The third-order valence-electron chi connectivity index (χ3n) is 3.18. The van der Waals surface area contributed by atoms with Crippen LogP contribution < -0.4 is 9.64 Å². The molecule has 0 radical (unpaired) electrons. The van der Waals surface area contributed by atoms with Gasteiger partial charge in [-0.15, -0.1) is 0 Å². The molecule has 0 saturated heterocycles. The summed E-state index contributed by atoms with van der Waals surface area (Å²) in [5, 5.41) is 1.27. The quantitative estimate of drug-likeness (QED) is 0.433. The van der Waals surface area contributed by atoms with Crippen LogP contribution in [0.25, 0.3) is 0 Å². The molecule has 132 valence electrons. The molecule has 0 aromatic heterocycles. The van der Waals surface area contributed by atoms with Gasteiger partial charge in [0.05, 0.1) is 0 Å². The Hall–Kier alpha value is -0.307. The Morgan fingerprint density at radius 2 is 1.62 bits per heavy atom. The Kier molecular flexibility index (Phi) is 7.40. The number of nitrogens with zero attached hydrogens (tertiary/aromatic N) is 1. The number of halogens is 4. The van der Waals surface area contributed by atoms with Crippen molar-refractivity contribution in [3.63, 3.8) is 0 Å². The molecule has 0 aliphatic heterocycles. The molecule has 2 rings (SSSR count). The third-order valence-corrected chi connectivity index (χ3v) is 5.49. The molecule has 0 N–H and O–H groups in total. The molecule has 0 bridgehead atoms. The molecule has 2 nitrogen and oxygen atoms in total. The van der Waals surface area contributed by atoms with Crippen molar-refractivity contribution in [2.24, 2.45) is 0 Å². The molecule has 0 saturated carbocycles. The topological polar surface area (TPSA) is 12.5 Å².